The van der Waals surface area contributed by atoms with Gasteiger partial charge in [-0.3, -0.25) is 14.4 Å². The maximum atomic E-state index is 13.5. The average molecular weight is 517 g/mol. The Hall–Kier alpha value is -4.90. The molecule has 0 fully saturated rings. The summed E-state index contributed by atoms with van der Waals surface area (Å²) in [5.41, 5.74) is 3.64. The summed E-state index contributed by atoms with van der Waals surface area (Å²) >= 11 is 0. The van der Waals surface area contributed by atoms with Crippen molar-refractivity contribution >= 4 is 34.5 Å². The van der Waals surface area contributed by atoms with E-state index in [2.05, 4.69) is 15.6 Å². The Morgan fingerprint density at radius 3 is 2.63 bits per heavy atom. The van der Waals surface area contributed by atoms with Crippen molar-refractivity contribution in [3.63, 3.8) is 0 Å². The van der Waals surface area contributed by atoms with Gasteiger partial charge in [-0.15, -0.1) is 0 Å². The van der Waals surface area contributed by atoms with E-state index in [1.807, 2.05) is 36.4 Å². The largest absolute Gasteiger partial charge is 0.505 e. The number of fused-ring (bicyclic) bond motifs is 1. The number of phenols is 1. The van der Waals surface area contributed by atoms with Crippen molar-refractivity contribution in [1.82, 2.24) is 20.2 Å². The number of para-hydroxylation sites is 1. The van der Waals surface area contributed by atoms with E-state index in [-0.39, 0.29) is 36.2 Å². The van der Waals surface area contributed by atoms with Gasteiger partial charge in [0.2, 0.25) is 5.91 Å². The fourth-order valence-electron chi connectivity index (χ4n) is 4.45. The summed E-state index contributed by atoms with van der Waals surface area (Å²) in [7, 11) is 0. The van der Waals surface area contributed by atoms with Crippen molar-refractivity contribution in [2.45, 2.75) is 13.5 Å². The number of hydrazine groups is 1. The molecule has 0 aliphatic carbocycles. The molecule has 0 spiro atoms. The number of dihydropyridines is 1. The molecular formula is C27H25FN6O4. The Bertz CT molecular complexity index is 1510. The third kappa shape index (κ3) is 4.62. The Balaban J connectivity index is 1.53. The highest BCUT2D eigenvalue weighted by Crippen LogP contribution is 2.37. The molecule has 0 saturated heterocycles. The first-order chi connectivity index (χ1) is 18.2. The van der Waals surface area contributed by atoms with E-state index in [4.69, 9.17) is 5.84 Å². The number of hydrogen-bond donors (Lipinski definition) is 5. The third-order valence-corrected chi connectivity index (χ3v) is 6.39. The Labute approximate surface area is 217 Å². The highest BCUT2D eigenvalue weighted by molar-refractivity contribution is 6.09. The monoisotopic (exact) mass is 516 g/mol. The first-order valence-corrected chi connectivity index (χ1v) is 11.8. The summed E-state index contributed by atoms with van der Waals surface area (Å²) < 4.78 is 13.5. The van der Waals surface area contributed by atoms with Crippen molar-refractivity contribution in [1.29, 1.82) is 0 Å². The molecule has 0 atom stereocenters. The van der Waals surface area contributed by atoms with Crippen LogP contribution in [0.25, 0.3) is 5.57 Å². The number of nitrogens with zero attached hydrogens (tertiary/aromatic N) is 2. The quantitative estimate of drug-likeness (QED) is 0.199. The SMILES string of the molecule is CC(=O)N1CC(=O)c2c([nH]c(C3=CCNC(N(N)C(=O)c4ccc(F)c(O)c4)=C3)c2Nc2ccccc2)C1. The van der Waals surface area contributed by atoms with E-state index in [9.17, 15) is 23.9 Å². The van der Waals surface area contributed by atoms with Crippen LogP contribution in [0.1, 0.15) is 39.0 Å². The van der Waals surface area contributed by atoms with Gasteiger partial charge in [0.15, 0.2) is 17.3 Å². The number of rotatable bonds is 5. The molecule has 194 valence electrons. The standard InChI is InChI=1S/C27H25FN6O4/c1-15(35)33-13-20-24(22(37)14-33)26(31-18-5-3-2-4-6-18)25(32-20)16-9-10-30-23(12-16)34(29)27(38)17-7-8-19(28)21(36)11-17/h2-9,11-12,30-32,36H,10,13-14,29H2,1H3. The number of carbonyl (C=O) groups excluding carboxylic acids is 3. The van der Waals surface area contributed by atoms with Gasteiger partial charge in [-0.2, -0.15) is 0 Å². The van der Waals surface area contributed by atoms with E-state index in [1.165, 1.54) is 17.9 Å². The van der Waals surface area contributed by atoms with E-state index in [0.717, 1.165) is 22.8 Å². The molecule has 5 rings (SSSR count). The second-order valence-electron chi connectivity index (χ2n) is 8.93. The molecule has 0 radical (unpaired) electrons. The second-order valence-corrected chi connectivity index (χ2v) is 8.93. The molecule has 3 aromatic rings. The smallest absolute Gasteiger partial charge is 0.273 e. The van der Waals surface area contributed by atoms with Gasteiger partial charge >= 0.3 is 0 Å². The van der Waals surface area contributed by atoms with Crippen LogP contribution in [0.5, 0.6) is 5.75 Å². The molecule has 3 heterocycles. The van der Waals surface area contributed by atoms with Gasteiger partial charge in [-0.1, -0.05) is 24.3 Å². The van der Waals surface area contributed by atoms with E-state index in [0.29, 0.717) is 34.8 Å². The minimum atomic E-state index is -0.850. The van der Waals surface area contributed by atoms with Gasteiger partial charge in [-0.05, 0) is 36.4 Å². The highest BCUT2D eigenvalue weighted by Gasteiger charge is 2.32. The lowest BCUT2D eigenvalue weighted by Crippen LogP contribution is -2.42. The number of phenolic OH excluding ortho intramolecular Hbond substituents is 1. The first-order valence-electron chi connectivity index (χ1n) is 11.8. The van der Waals surface area contributed by atoms with Gasteiger partial charge in [-0.25, -0.2) is 15.2 Å². The number of aromatic amines is 1. The molecular weight excluding hydrogens is 491 g/mol. The minimum Gasteiger partial charge on any atom is -0.505 e. The van der Waals surface area contributed by atoms with E-state index in [1.54, 1.807) is 6.08 Å². The lowest BCUT2D eigenvalue weighted by molar-refractivity contribution is -0.129. The average Bonchev–Trinajstić information content (AvgIpc) is 3.28. The maximum absolute atomic E-state index is 13.5. The summed E-state index contributed by atoms with van der Waals surface area (Å²) in [6.45, 7) is 1.96. The van der Waals surface area contributed by atoms with Gasteiger partial charge in [0.1, 0.15) is 5.82 Å². The van der Waals surface area contributed by atoms with Crippen LogP contribution in [0, 0.1) is 5.82 Å². The van der Waals surface area contributed by atoms with Gasteiger partial charge in [0.05, 0.1) is 30.0 Å². The third-order valence-electron chi connectivity index (χ3n) is 6.39. The maximum Gasteiger partial charge on any atom is 0.273 e. The number of anilines is 2. The van der Waals surface area contributed by atoms with E-state index >= 15 is 0 Å². The molecule has 2 aromatic carbocycles. The number of halogens is 1. The van der Waals surface area contributed by atoms with Crippen LogP contribution in [0.4, 0.5) is 15.8 Å². The van der Waals surface area contributed by atoms with Gasteiger partial charge in [0.25, 0.3) is 5.91 Å². The summed E-state index contributed by atoms with van der Waals surface area (Å²) in [5.74, 6) is 3.79. The second kappa shape index (κ2) is 9.87. The van der Waals surface area contributed by atoms with Crippen LogP contribution in [-0.4, -0.2) is 50.7 Å². The number of ketones is 1. The number of benzene rings is 2. The molecule has 1 aromatic heterocycles. The van der Waals surface area contributed by atoms with Crippen molar-refractivity contribution in [3.05, 3.63) is 94.8 Å². The molecule has 0 saturated carbocycles. The summed E-state index contributed by atoms with van der Waals surface area (Å²) in [4.78, 5) is 42.9. The number of aromatic nitrogens is 1. The zero-order chi connectivity index (χ0) is 27.0. The van der Waals surface area contributed by atoms with Gasteiger partial charge < -0.3 is 25.6 Å². The Kier molecular flexibility index (Phi) is 6.43. The first kappa shape index (κ1) is 24.8. The number of aromatic hydroxyl groups is 1. The summed E-state index contributed by atoms with van der Waals surface area (Å²) in [6.07, 6.45) is 3.51. The van der Waals surface area contributed by atoms with Crippen molar-refractivity contribution < 1.29 is 23.9 Å². The number of allylic oxidation sites excluding steroid dienone is 2. The molecule has 2 aliphatic heterocycles. The summed E-state index contributed by atoms with van der Waals surface area (Å²) in [5, 5.41) is 16.9. The highest BCUT2D eigenvalue weighted by atomic mass is 19.1. The normalized spacial score (nSPS) is 14.7. The zero-order valence-corrected chi connectivity index (χ0v) is 20.4. The van der Waals surface area contributed by atoms with Crippen LogP contribution < -0.4 is 16.5 Å². The number of nitrogens with one attached hydrogen (secondary N) is 3. The van der Waals surface area contributed by atoms with E-state index < -0.39 is 17.5 Å². The molecule has 11 heteroatoms. The molecule has 0 unspecified atom stereocenters. The zero-order valence-electron chi connectivity index (χ0n) is 20.4. The number of carbonyl (C=O) groups is 3. The number of hydrogen-bond acceptors (Lipinski definition) is 7. The molecule has 2 aliphatic rings. The number of H-pyrrole nitrogens is 1. The van der Waals surface area contributed by atoms with Crippen LogP contribution in [0.2, 0.25) is 0 Å². The van der Waals surface area contributed by atoms with Crippen LogP contribution in [0.15, 0.2) is 66.5 Å². The van der Waals surface area contributed by atoms with Crippen LogP contribution in [0.3, 0.4) is 0 Å². The van der Waals surface area contributed by atoms with Gasteiger partial charge in [0, 0.05) is 36.0 Å². The van der Waals surface area contributed by atoms with Crippen LogP contribution in [-0.2, 0) is 11.3 Å². The van der Waals surface area contributed by atoms with Crippen molar-refractivity contribution in [3.8, 4) is 5.75 Å². The lowest BCUT2D eigenvalue weighted by Gasteiger charge is -2.25. The van der Waals surface area contributed by atoms with Crippen molar-refractivity contribution in [2.24, 2.45) is 5.84 Å². The minimum absolute atomic E-state index is 0.00175. The predicted molar refractivity (Wildman–Crippen MR) is 138 cm³/mol. The predicted octanol–water partition coefficient (Wildman–Crippen LogP) is 2.99. The molecule has 10 nitrogen and oxygen atoms in total. The van der Waals surface area contributed by atoms with Crippen LogP contribution >= 0.6 is 0 Å². The lowest BCUT2D eigenvalue weighted by atomic mass is 10.0. The summed E-state index contributed by atoms with van der Waals surface area (Å²) in [6, 6.07) is 12.6. The van der Waals surface area contributed by atoms with Crippen molar-refractivity contribution in [2.75, 3.05) is 18.4 Å². The Morgan fingerprint density at radius 2 is 1.92 bits per heavy atom. The number of Topliss-reactive ketones (excluding diaryl/α,β-unsaturated/α-hetero) is 1. The molecule has 38 heavy (non-hydrogen) atoms. The Morgan fingerprint density at radius 1 is 1.16 bits per heavy atom. The number of amides is 2. The molecule has 0 bridgehead atoms. The number of nitrogens with two attached hydrogens (primary N) is 1. The fraction of sp³-hybridized carbons (Fsp3) is 0.148. The fourth-order valence-corrected chi connectivity index (χ4v) is 4.45. The molecule has 2 amide bonds. The topological polar surface area (TPSA) is 144 Å². The molecule has 6 N–H and O–H groups in total.